The van der Waals surface area contributed by atoms with Crippen LogP contribution in [0.25, 0.3) is 0 Å². The van der Waals surface area contributed by atoms with Gasteiger partial charge in [-0.3, -0.25) is 0 Å². The summed E-state index contributed by atoms with van der Waals surface area (Å²) in [4.78, 5) is 2.01. The van der Waals surface area contributed by atoms with Gasteiger partial charge in [0.15, 0.2) is 0 Å². The zero-order chi connectivity index (χ0) is 13.7. The first kappa shape index (κ1) is 14.3. The van der Waals surface area contributed by atoms with E-state index in [2.05, 4.69) is 0 Å². The van der Waals surface area contributed by atoms with Gasteiger partial charge in [0.2, 0.25) is 0 Å². The molecule has 3 nitrogen and oxygen atoms in total. The van der Waals surface area contributed by atoms with Gasteiger partial charge in [-0.05, 0) is 43.4 Å². The predicted molar refractivity (Wildman–Crippen MR) is 76.0 cm³/mol. The second-order valence-electron chi connectivity index (χ2n) is 5.25. The van der Waals surface area contributed by atoms with Crippen LogP contribution in [0.15, 0.2) is 18.2 Å². The highest BCUT2D eigenvalue weighted by Crippen LogP contribution is 2.26. The van der Waals surface area contributed by atoms with Gasteiger partial charge in [0.05, 0.1) is 12.3 Å². The van der Waals surface area contributed by atoms with Crippen LogP contribution >= 0.6 is 0 Å². The van der Waals surface area contributed by atoms with E-state index < -0.39 is 0 Å². The Balaban J connectivity index is 2.10. The number of ether oxygens (including phenoxy) is 1. The van der Waals surface area contributed by atoms with E-state index >= 15 is 0 Å². The Bertz CT molecular complexity index is 405. The first-order valence-electron chi connectivity index (χ1n) is 6.98. The highest BCUT2D eigenvalue weighted by molar-refractivity contribution is 5.54. The van der Waals surface area contributed by atoms with Crippen LogP contribution in [0.1, 0.15) is 18.4 Å². The molecule has 4 heteroatoms. The molecule has 0 amide bonds. The average molecular weight is 266 g/mol. The second-order valence-corrected chi connectivity index (χ2v) is 5.25. The Morgan fingerprint density at radius 3 is 3.00 bits per heavy atom. The predicted octanol–water partition coefficient (Wildman–Crippen LogP) is 2.19. The van der Waals surface area contributed by atoms with Crippen LogP contribution in [0.3, 0.4) is 0 Å². The maximum atomic E-state index is 14.1. The van der Waals surface area contributed by atoms with Crippen molar-refractivity contribution in [3.63, 3.8) is 0 Å². The number of hydrogen-bond donors (Lipinski definition) is 1. The van der Waals surface area contributed by atoms with E-state index in [1.807, 2.05) is 18.0 Å². The largest absolute Gasteiger partial charge is 0.381 e. The Labute approximate surface area is 114 Å². The van der Waals surface area contributed by atoms with Crippen LogP contribution in [0.4, 0.5) is 10.1 Å². The number of nitrogens with two attached hydrogens (primary N) is 1. The van der Waals surface area contributed by atoms with E-state index in [-0.39, 0.29) is 5.82 Å². The van der Waals surface area contributed by atoms with Gasteiger partial charge in [-0.15, -0.1) is 0 Å². The second kappa shape index (κ2) is 6.87. The zero-order valence-electron chi connectivity index (χ0n) is 11.6. The number of nitrogens with zero attached hydrogens (tertiary/aromatic N) is 1. The summed E-state index contributed by atoms with van der Waals surface area (Å²) < 4.78 is 19.6. The van der Waals surface area contributed by atoms with Crippen molar-refractivity contribution >= 4 is 5.69 Å². The van der Waals surface area contributed by atoms with Gasteiger partial charge in [0.1, 0.15) is 5.82 Å². The molecule has 0 saturated carbocycles. The number of rotatable bonds is 5. The lowest BCUT2D eigenvalue weighted by Gasteiger charge is -2.30. The number of benzene rings is 1. The molecule has 1 aromatic rings. The molecule has 1 unspecified atom stereocenters. The van der Waals surface area contributed by atoms with Gasteiger partial charge in [0.25, 0.3) is 0 Å². The fraction of sp³-hybridized carbons (Fsp3) is 0.600. The van der Waals surface area contributed by atoms with Crippen molar-refractivity contribution in [2.75, 3.05) is 38.3 Å². The minimum absolute atomic E-state index is 0.162. The summed E-state index contributed by atoms with van der Waals surface area (Å²) in [5.41, 5.74) is 7.28. The highest BCUT2D eigenvalue weighted by atomic mass is 19.1. The van der Waals surface area contributed by atoms with Crippen molar-refractivity contribution < 1.29 is 9.13 Å². The summed E-state index contributed by atoms with van der Waals surface area (Å²) in [5.74, 6) is 0.328. The fourth-order valence-corrected chi connectivity index (χ4v) is 2.77. The maximum Gasteiger partial charge on any atom is 0.146 e. The molecule has 1 heterocycles. The van der Waals surface area contributed by atoms with Crippen molar-refractivity contribution in [2.45, 2.75) is 19.3 Å². The summed E-state index contributed by atoms with van der Waals surface area (Å²) in [7, 11) is 1.95. The minimum Gasteiger partial charge on any atom is -0.381 e. The van der Waals surface area contributed by atoms with Gasteiger partial charge in [-0.2, -0.15) is 0 Å². The number of para-hydroxylation sites is 1. The van der Waals surface area contributed by atoms with Crippen LogP contribution in [0.5, 0.6) is 0 Å². The van der Waals surface area contributed by atoms with Crippen LogP contribution in [-0.2, 0) is 11.2 Å². The van der Waals surface area contributed by atoms with Crippen molar-refractivity contribution in [1.29, 1.82) is 0 Å². The third kappa shape index (κ3) is 3.67. The molecule has 1 aliphatic rings. The molecule has 1 aromatic carbocycles. The normalized spacial score (nSPS) is 19.4. The number of anilines is 1. The summed E-state index contributed by atoms with van der Waals surface area (Å²) >= 11 is 0. The Hall–Kier alpha value is -1.13. The van der Waals surface area contributed by atoms with Crippen LogP contribution in [0.2, 0.25) is 0 Å². The molecule has 2 N–H and O–H groups in total. The lowest BCUT2D eigenvalue weighted by atomic mass is 10.0. The van der Waals surface area contributed by atoms with E-state index in [1.54, 1.807) is 6.07 Å². The third-order valence-electron chi connectivity index (χ3n) is 3.65. The molecule has 0 spiro atoms. The minimum atomic E-state index is -0.162. The number of hydrogen-bond acceptors (Lipinski definition) is 3. The third-order valence-corrected chi connectivity index (χ3v) is 3.65. The molecule has 1 atom stereocenters. The van der Waals surface area contributed by atoms with E-state index in [4.69, 9.17) is 10.5 Å². The lowest BCUT2D eigenvalue weighted by molar-refractivity contribution is 0.0576. The molecule has 0 aromatic heterocycles. The molecule has 1 aliphatic heterocycles. The molecule has 19 heavy (non-hydrogen) atoms. The zero-order valence-corrected chi connectivity index (χ0v) is 11.6. The molecule has 1 fully saturated rings. The van der Waals surface area contributed by atoms with Gasteiger partial charge >= 0.3 is 0 Å². The smallest absolute Gasteiger partial charge is 0.146 e. The molecular formula is C15H23FN2O. The summed E-state index contributed by atoms with van der Waals surface area (Å²) in [5, 5.41) is 0. The summed E-state index contributed by atoms with van der Waals surface area (Å²) in [6.45, 7) is 3.01. The molecule has 1 saturated heterocycles. The Kier molecular flexibility index (Phi) is 5.16. The van der Waals surface area contributed by atoms with Gasteiger partial charge in [-0.1, -0.05) is 12.1 Å². The first-order valence-corrected chi connectivity index (χ1v) is 6.98. The molecular weight excluding hydrogens is 243 g/mol. The van der Waals surface area contributed by atoms with Gasteiger partial charge in [0, 0.05) is 20.2 Å². The molecule has 2 rings (SSSR count). The standard InChI is InChI=1S/C15H23FN2O/c1-18(10-12-4-3-9-19-11-12)15-13(7-8-17)5-2-6-14(15)16/h2,5-6,12H,3-4,7-11,17H2,1H3. The van der Waals surface area contributed by atoms with Crippen LogP contribution in [0, 0.1) is 11.7 Å². The van der Waals surface area contributed by atoms with Gasteiger partial charge < -0.3 is 15.4 Å². The summed E-state index contributed by atoms with van der Waals surface area (Å²) in [6, 6.07) is 5.23. The van der Waals surface area contributed by atoms with E-state index in [0.29, 0.717) is 24.6 Å². The van der Waals surface area contributed by atoms with Gasteiger partial charge in [-0.25, -0.2) is 4.39 Å². The first-order chi connectivity index (χ1) is 9.22. The van der Waals surface area contributed by atoms with Crippen molar-refractivity contribution in [3.05, 3.63) is 29.6 Å². The summed E-state index contributed by atoms with van der Waals surface area (Å²) in [6.07, 6.45) is 2.97. The van der Waals surface area contributed by atoms with Crippen molar-refractivity contribution in [2.24, 2.45) is 11.7 Å². The lowest BCUT2D eigenvalue weighted by Crippen LogP contribution is -2.32. The Morgan fingerprint density at radius 2 is 2.32 bits per heavy atom. The molecule has 0 aliphatic carbocycles. The van der Waals surface area contributed by atoms with Crippen molar-refractivity contribution in [3.8, 4) is 0 Å². The Morgan fingerprint density at radius 1 is 1.47 bits per heavy atom. The van der Waals surface area contributed by atoms with Crippen LogP contribution < -0.4 is 10.6 Å². The quantitative estimate of drug-likeness (QED) is 0.888. The van der Waals surface area contributed by atoms with E-state index in [1.165, 1.54) is 6.07 Å². The van der Waals surface area contributed by atoms with E-state index in [9.17, 15) is 4.39 Å². The number of halogens is 1. The van der Waals surface area contributed by atoms with Crippen LogP contribution in [-0.4, -0.2) is 33.4 Å². The fourth-order valence-electron chi connectivity index (χ4n) is 2.77. The highest BCUT2D eigenvalue weighted by Gasteiger charge is 2.19. The molecule has 0 radical (unpaired) electrons. The topological polar surface area (TPSA) is 38.5 Å². The monoisotopic (exact) mass is 266 g/mol. The SMILES string of the molecule is CN(CC1CCCOC1)c1c(F)cccc1CCN. The average Bonchev–Trinajstić information content (AvgIpc) is 2.40. The van der Waals surface area contributed by atoms with E-state index in [0.717, 1.165) is 38.2 Å². The maximum absolute atomic E-state index is 14.1. The van der Waals surface area contributed by atoms with Crippen molar-refractivity contribution in [1.82, 2.24) is 0 Å². The molecule has 106 valence electrons. The molecule has 0 bridgehead atoms.